The van der Waals surface area contributed by atoms with Crippen molar-refractivity contribution in [1.29, 1.82) is 0 Å². The molecule has 0 bridgehead atoms. The molecule has 106 valence electrons. The lowest BCUT2D eigenvalue weighted by Crippen LogP contribution is -2.20. The van der Waals surface area contributed by atoms with Gasteiger partial charge >= 0.3 is 0 Å². The van der Waals surface area contributed by atoms with Crippen molar-refractivity contribution in [3.05, 3.63) is 69.2 Å². The highest BCUT2D eigenvalue weighted by atomic mass is 79.9. The summed E-state index contributed by atoms with van der Waals surface area (Å²) in [5.74, 6) is -1.03. The number of benzene rings is 2. The van der Waals surface area contributed by atoms with Gasteiger partial charge in [-0.1, -0.05) is 34.1 Å². The molecule has 0 saturated heterocycles. The zero-order chi connectivity index (χ0) is 14.7. The highest BCUT2D eigenvalue weighted by molar-refractivity contribution is 9.10. The summed E-state index contributed by atoms with van der Waals surface area (Å²) in [5, 5.41) is 3.15. The van der Waals surface area contributed by atoms with E-state index in [1.165, 1.54) is 18.2 Å². The predicted octanol–water partition coefficient (Wildman–Crippen LogP) is 4.89. The molecule has 1 nitrogen and oxygen atoms in total. The van der Waals surface area contributed by atoms with Crippen LogP contribution >= 0.6 is 15.9 Å². The third kappa shape index (κ3) is 3.44. The molecule has 2 aromatic carbocycles. The fourth-order valence-corrected chi connectivity index (χ4v) is 2.36. The van der Waals surface area contributed by atoms with Gasteiger partial charge in [0, 0.05) is 22.6 Å². The summed E-state index contributed by atoms with van der Waals surface area (Å²) in [6.45, 7) is 4.32. The van der Waals surface area contributed by atoms with Crippen molar-refractivity contribution >= 4 is 15.9 Å². The van der Waals surface area contributed by atoms with Crippen molar-refractivity contribution < 1.29 is 8.78 Å². The minimum absolute atomic E-state index is 0.0846. The van der Waals surface area contributed by atoms with Gasteiger partial charge in [0.25, 0.3) is 0 Å². The molecule has 0 amide bonds. The Hall–Kier alpha value is -1.26. The number of halogens is 3. The standard InChI is InChI=1S/C16H16BrF2N/c1-10-8-12(6-7-13(10)17)9-20-11(2)16-14(18)4-3-5-15(16)19/h3-8,11,20H,9H2,1-2H3. The minimum Gasteiger partial charge on any atom is -0.306 e. The molecule has 0 aliphatic carbocycles. The van der Waals surface area contributed by atoms with Gasteiger partial charge in [0.2, 0.25) is 0 Å². The molecule has 1 N–H and O–H groups in total. The molecular formula is C16H16BrF2N. The van der Waals surface area contributed by atoms with Gasteiger partial charge in [0.05, 0.1) is 0 Å². The van der Waals surface area contributed by atoms with Gasteiger partial charge in [-0.3, -0.25) is 0 Å². The number of hydrogen-bond acceptors (Lipinski definition) is 1. The third-order valence-corrected chi connectivity index (χ3v) is 4.16. The number of nitrogens with one attached hydrogen (secondary N) is 1. The minimum atomic E-state index is -0.517. The zero-order valence-electron chi connectivity index (χ0n) is 11.4. The van der Waals surface area contributed by atoms with Crippen LogP contribution in [-0.2, 0) is 6.54 Å². The Kier molecular flexibility index (Phi) is 4.89. The zero-order valence-corrected chi connectivity index (χ0v) is 13.0. The molecule has 2 aromatic rings. The summed E-state index contributed by atoms with van der Waals surface area (Å²) >= 11 is 3.45. The number of rotatable bonds is 4. The van der Waals surface area contributed by atoms with E-state index in [1.54, 1.807) is 6.92 Å². The molecule has 0 aliphatic heterocycles. The smallest absolute Gasteiger partial charge is 0.130 e. The molecule has 4 heteroatoms. The van der Waals surface area contributed by atoms with Crippen LogP contribution in [0.3, 0.4) is 0 Å². The van der Waals surface area contributed by atoms with Crippen molar-refractivity contribution in [3.8, 4) is 0 Å². The fourth-order valence-electron chi connectivity index (χ4n) is 2.11. The molecule has 2 rings (SSSR count). The first kappa shape index (κ1) is 15.1. The van der Waals surface area contributed by atoms with Crippen molar-refractivity contribution in [3.63, 3.8) is 0 Å². The Bertz CT molecular complexity index is 593. The average molecular weight is 340 g/mol. The second-order valence-electron chi connectivity index (χ2n) is 4.82. The van der Waals surface area contributed by atoms with Gasteiger partial charge in [-0.15, -0.1) is 0 Å². The molecular weight excluding hydrogens is 324 g/mol. The summed E-state index contributed by atoms with van der Waals surface area (Å²) in [6, 6.07) is 9.54. The maximum Gasteiger partial charge on any atom is 0.130 e. The molecule has 0 aromatic heterocycles. The van der Waals surface area contributed by atoms with Crippen LogP contribution in [0.25, 0.3) is 0 Å². The maximum absolute atomic E-state index is 13.7. The van der Waals surface area contributed by atoms with Crippen LogP contribution in [-0.4, -0.2) is 0 Å². The predicted molar refractivity (Wildman–Crippen MR) is 80.5 cm³/mol. The van der Waals surface area contributed by atoms with Crippen LogP contribution in [0, 0.1) is 18.6 Å². The van der Waals surface area contributed by atoms with Gasteiger partial charge < -0.3 is 5.32 Å². The lowest BCUT2D eigenvalue weighted by Gasteiger charge is -2.16. The Morgan fingerprint density at radius 3 is 2.40 bits per heavy atom. The van der Waals surface area contributed by atoms with Crippen molar-refractivity contribution in [1.82, 2.24) is 5.32 Å². The summed E-state index contributed by atoms with van der Waals surface area (Å²) in [5.41, 5.74) is 2.30. The van der Waals surface area contributed by atoms with E-state index in [2.05, 4.69) is 21.2 Å². The highest BCUT2D eigenvalue weighted by Crippen LogP contribution is 2.21. The van der Waals surface area contributed by atoms with Gasteiger partial charge in [0.15, 0.2) is 0 Å². The van der Waals surface area contributed by atoms with E-state index in [9.17, 15) is 8.78 Å². The van der Waals surface area contributed by atoms with E-state index in [1.807, 2.05) is 25.1 Å². The molecule has 0 saturated carbocycles. The normalized spacial score (nSPS) is 12.4. The van der Waals surface area contributed by atoms with Gasteiger partial charge in [-0.25, -0.2) is 8.78 Å². The van der Waals surface area contributed by atoms with E-state index in [4.69, 9.17) is 0 Å². The van der Waals surface area contributed by atoms with Gasteiger partial charge in [0.1, 0.15) is 11.6 Å². The molecule has 0 aliphatic rings. The van der Waals surface area contributed by atoms with E-state index in [0.29, 0.717) is 6.54 Å². The number of hydrogen-bond donors (Lipinski definition) is 1. The van der Waals surface area contributed by atoms with E-state index in [-0.39, 0.29) is 11.6 Å². The van der Waals surface area contributed by atoms with Crippen LogP contribution < -0.4 is 5.32 Å². The summed E-state index contributed by atoms with van der Waals surface area (Å²) in [7, 11) is 0. The monoisotopic (exact) mass is 339 g/mol. The van der Waals surface area contributed by atoms with Crippen molar-refractivity contribution in [2.75, 3.05) is 0 Å². The second kappa shape index (κ2) is 6.46. The average Bonchev–Trinajstić information content (AvgIpc) is 2.40. The molecule has 0 spiro atoms. The third-order valence-electron chi connectivity index (χ3n) is 3.27. The lowest BCUT2D eigenvalue weighted by atomic mass is 10.1. The van der Waals surface area contributed by atoms with Crippen LogP contribution in [0.4, 0.5) is 8.78 Å². The summed E-state index contributed by atoms with van der Waals surface area (Å²) < 4.78 is 28.4. The Morgan fingerprint density at radius 2 is 1.80 bits per heavy atom. The van der Waals surface area contributed by atoms with Crippen molar-refractivity contribution in [2.24, 2.45) is 0 Å². The topological polar surface area (TPSA) is 12.0 Å². The van der Waals surface area contributed by atoms with Crippen LogP contribution in [0.5, 0.6) is 0 Å². The van der Waals surface area contributed by atoms with Gasteiger partial charge in [-0.05, 0) is 43.2 Å². The van der Waals surface area contributed by atoms with E-state index < -0.39 is 11.6 Å². The molecule has 1 atom stereocenters. The first-order valence-corrected chi connectivity index (χ1v) is 7.20. The molecule has 0 fully saturated rings. The molecule has 0 radical (unpaired) electrons. The SMILES string of the molecule is Cc1cc(CNC(C)c2c(F)cccc2F)ccc1Br. The largest absolute Gasteiger partial charge is 0.306 e. The van der Waals surface area contributed by atoms with Gasteiger partial charge in [-0.2, -0.15) is 0 Å². The first-order valence-electron chi connectivity index (χ1n) is 6.41. The van der Waals surface area contributed by atoms with Crippen molar-refractivity contribution in [2.45, 2.75) is 26.4 Å². The fraction of sp³-hybridized carbons (Fsp3) is 0.250. The lowest BCUT2D eigenvalue weighted by molar-refractivity contribution is 0.487. The highest BCUT2D eigenvalue weighted by Gasteiger charge is 2.15. The second-order valence-corrected chi connectivity index (χ2v) is 5.68. The van der Waals surface area contributed by atoms with E-state index >= 15 is 0 Å². The molecule has 0 heterocycles. The van der Waals surface area contributed by atoms with E-state index in [0.717, 1.165) is 15.6 Å². The molecule has 1 unspecified atom stereocenters. The Morgan fingerprint density at radius 1 is 1.15 bits per heavy atom. The number of aryl methyl sites for hydroxylation is 1. The Labute approximate surface area is 126 Å². The quantitative estimate of drug-likeness (QED) is 0.836. The Balaban J connectivity index is 2.08. The van der Waals surface area contributed by atoms with Crippen LogP contribution in [0.2, 0.25) is 0 Å². The maximum atomic E-state index is 13.7. The first-order chi connectivity index (χ1) is 9.49. The van der Waals surface area contributed by atoms with Crippen LogP contribution in [0.15, 0.2) is 40.9 Å². The van der Waals surface area contributed by atoms with Crippen LogP contribution in [0.1, 0.15) is 29.7 Å². The molecule has 20 heavy (non-hydrogen) atoms. The summed E-state index contributed by atoms with van der Waals surface area (Å²) in [4.78, 5) is 0. The summed E-state index contributed by atoms with van der Waals surface area (Å²) in [6.07, 6.45) is 0.